The summed E-state index contributed by atoms with van der Waals surface area (Å²) in [6, 6.07) is 14.0. The van der Waals surface area contributed by atoms with Gasteiger partial charge in [0.25, 0.3) is 5.91 Å². The number of Topliss-reactive ketones (excluding diaryl/α,β-unsaturated/α-hetero) is 1. The van der Waals surface area contributed by atoms with E-state index in [0.717, 1.165) is 5.56 Å². The standard InChI is InChI=1S/C18H18ClNO3/c1-12(21)14-7-9-16(10-8-14)23-13(2)18(22)20-11-15-5-3-4-6-17(15)19/h3-10,13H,11H2,1-2H3,(H,20,22)/t13-/m1/s1. The van der Waals surface area contributed by atoms with Gasteiger partial charge in [0, 0.05) is 17.1 Å². The second-order valence-corrected chi connectivity index (χ2v) is 5.56. The Morgan fingerprint density at radius 2 is 1.78 bits per heavy atom. The molecule has 0 saturated heterocycles. The Morgan fingerprint density at radius 1 is 1.13 bits per heavy atom. The molecule has 2 aromatic rings. The molecule has 0 aliphatic rings. The quantitative estimate of drug-likeness (QED) is 0.822. The van der Waals surface area contributed by atoms with Crippen LogP contribution in [-0.4, -0.2) is 17.8 Å². The smallest absolute Gasteiger partial charge is 0.261 e. The zero-order valence-electron chi connectivity index (χ0n) is 13.0. The van der Waals surface area contributed by atoms with E-state index in [1.807, 2.05) is 18.2 Å². The third-order valence-corrected chi connectivity index (χ3v) is 3.72. The van der Waals surface area contributed by atoms with Crippen LogP contribution in [0.4, 0.5) is 0 Å². The number of nitrogens with one attached hydrogen (secondary N) is 1. The topological polar surface area (TPSA) is 55.4 Å². The summed E-state index contributed by atoms with van der Waals surface area (Å²) in [5, 5.41) is 3.40. The Labute approximate surface area is 140 Å². The molecule has 0 bridgehead atoms. The number of hydrogen-bond donors (Lipinski definition) is 1. The molecular formula is C18H18ClNO3. The molecule has 0 unspecified atom stereocenters. The third-order valence-electron chi connectivity index (χ3n) is 3.35. The first-order valence-electron chi connectivity index (χ1n) is 7.26. The fourth-order valence-corrected chi connectivity index (χ4v) is 2.20. The van der Waals surface area contributed by atoms with Gasteiger partial charge in [-0.15, -0.1) is 0 Å². The van der Waals surface area contributed by atoms with Crippen LogP contribution in [0.2, 0.25) is 5.02 Å². The number of ketones is 1. The first kappa shape index (κ1) is 17.0. The molecule has 1 amide bonds. The Bertz CT molecular complexity index is 698. The number of ether oxygens (including phenoxy) is 1. The molecule has 0 aliphatic carbocycles. The average Bonchev–Trinajstić information content (AvgIpc) is 2.54. The largest absolute Gasteiger partial charge is 0.481 e. The van der Waals surface area contributed by atoms with E-state index >= 15 is 0 Å². The van der Waals surface area contributed by atoms with Crippen LogP contribution >= 0.6 is 11.6 Å². The van der Waals surface area contributed by atoms with Crippen LogP contribution in [0.3, 0.4) is 0 Å². The van der Waals surface area contributed by atoms with Gasteiger partial charge in [-0.25, -0.2) is 0 Å². The third kappa shape index (κ3) is 4.83. The number of amides is 1. The molecule has 23 heavy (non-hydrogen) atoms. The summed E-state index contributed by atoms with van der Waals surface area (Å²) in [5.41, 5.74) is 1.45. The summed E-state index contributed by atoms with van der Waals surface area (Å²) < 4.78 is 5.57. The summed E-state index contributed by atoms with van der Waals surface area (Å²) in [4.78, 5) is 23.3. The first-order chi connectivity index (χ1) is 11.0. The molecule has 5 heteroatoms. The second-order valence-electron chi connectivity index (χ2n) is 5.15. The highest BCUT2D eigenvalue weighted by Gasteiger charge is 2.15. The van der Waals surface area contributed by atoms with Crippen molar-refractivity contribution >= 4 is 23.3 Å². The SMILES string of the molecule is CC(=O)c1ccc(O[C@H](C)C(=O)NCc2ccccc2Cl)cc1. The number of rotatable bonds is 6. The van der Waals surface area contributed by atoms with Crippen LogP contribution in [-0.2, 0) is 11.3 Å². The Morgan fingerprint density at radius 3 is 2.39 bits per heavy atom. The maximum Gasteiger partial charge on any atom is 0.261 e. The van der Waals surface area contributed by atoms with E-state index in [2.05, 4.69) is 5.32 Å². The van der Waals surface area contributed by atoms with Crippen molar-refractivity contribution in [3.63, 3.8) is 0 Å². The van der Waals surface area contributed by atoms with E-state index in [-0.39, 0.29) is 11.7 Å². The van der Waals surface area contributed by atoms with Crippen molar-refractivity contribution in [3.8, 4) is 5.75 Å². The van der Waals surface area contributed by atoms with E-state index in [1.165, 1.54) is 6.92 Å². The van der Waals surface area contributed by atoms with Gasteiger partial charge in [-0.05, 0) is 49.7 Å². The average molecular weight is 332 g/mol. The van der Waals surface area contributed by atoms with Crippen molar-refractivity contribution in [2.24, 2.45) is 0 Å². The predicted octanol–water partition coefficient (Wildman–Crippen LogP) is 3.63. The lowest BCUT2D eigenvalue weighted by molar-refractivity contribution is -0.127. The highest BCUT2D eigenvalue weighted by molar-refractivity contribution is 6.31. The van der Waals surface area contributed by atoms with Crippen molar-refractivity contribution in [1.29, 1.82) is 0 Å². The van der Waals surface area contributed by atoms with E-state index in [1.54, 1.807) is 37.3 Å². The van der Waals surface area contributed by atoms with Crippen LogP contribution in [0.1, 0.15) is 29.8 Å². The fourth-order valence-electron chi connectivity index (χ4n) is 1.99. The summed E-state index contributed by atoms with van der Waals surface area (Å²) >= 11 is 6.05. The predicted molar refractivity (Wildman–Crippen MR) is 89.8 cm³/mol. The van der Waals surface area contributed by atoms with Crippen LogP contribution in [0.25, 0.3) is 0 Å². The Balaban J connectivity index is 1.89. The Kier molecular flexibility index (Phi) is 5.77. The lowest BCUT2D eigenvalue weighted by Gasteiger charge is -2.15. The molecule has 0 saturated carbocycles. The van der Waals surface area contributed by atoms with E-state index in [9.17, 15) is 9.59 Å². The minimum absolute atomic E-state index is 0.0120. The molecule has 0 spiro atoms. The zero-order chi connectivity index (χ0) is 16.8. The summed E-state index contributed by atoms with van der Waals surface area (Å²) in [7, 11) is 0. The van der Waals surface area contributed by atoms with Crippen molar-refractivity contribution in [2.45, 2.75) is 26.5 Å². The molecule has 0 aliphatic heterocycles. The molecule has 1 N–H and O–H groups in total. The molecule has 4 nitrogen and oxygen atoms in total. The van der Waals surface area contributed by atoms with Gasteiger partial charge >= 0.3 is 0 Å². The highest BCUT2D eigenvalue weighted by Crippen LogP contribution is 2.16. The molecule has 2 rings (SSSR count). The van der Waals surface area contributed by atoms with Gasteiger partial charge in [-0.2, -0.15) is 0 Å². The van der Waals surface area contributed by atoms with Gasteiger partial charge < -0.3 is 10.1 Å². The van der Waals surface area contributed by atoms with Gasteiger partial charge in [0.1, 0.15) is 5.75 Å². The van der Waals surface area contributed by atoms with E-state index in [4.69, 9.17) is 16.3 Å². The lowest BCUT2D eigenvalue weighted by atomic mass is 10.1. The second kappa shape index (κ2) is 7.79. The highest BCUT2D eigenvalue weighted by atomic mass is 35.5. The fraction of sp³-hybridized carbons (Fsp3) is 0.222. The monoisotopic (exact) mass is 331 g/mol. The van der Waals surface area contributed by atoms with Crippen molar-refractivity contribution in [2.75, 3.05) is 0 Å². The zero-order valence-corrected chi connectivity index (χ0v) is 13.8. The van der Waals surface area contributed by atoms with Gasteiger partial charge in [-0.3, -0.25) is 9.59 Å². The molecule has 0 heterocycles. The summed E-state index contributed by atoms with van der Waals surface area (Å²) in [6.45, 7) is 3.51. The van der Waals surface area contributed by atoms with Gasteiger partial charge in [0.05, 0.1) is 0 Å². The minimum atomic E-state index is -0.652. The van der Waals surface area contributed by atoms with Gasteiger partial charge in [0.15, 0.2) is 11.9 Å². The molecule has 0 fully saturated rings. The lowest BCUT2D eigenvalue weighted by Crippen LogP contribution is -2.35. The summed E-state index contributed by atoms with van der Waals surface area (Å²) in [6.07, 6.45) is -0.652. The molecule has 1 atom stereocenters. The molecule has 0 aromatic heterocycles. The van der Waals surface area contributed by atoms with Gasteiger partial charge in [0.2, 0.25) is 0 Å². The van der Waals surface area contributed by atoms with Crippen molar-refractivity contribution in [1.82, 2.24) is 5.32 Å². The van der Waals surface area contributed by atoms with E-state index < -0.39 is 6.10 Å². The van der Waals surface area contributed by atoms with Gasteiger partial charge in [-0.1, -0.05) is 29.8 Å². The normalized spacial score (nSPS) is 11.6. The number of carbonyl (C=O) groups is 2. The molecule has 2 aromatic carbocycles. The number of hydrogen-bond acceptors (Lipinski definition) is 3. The Hall–Kier alpha value is -2.33. The van der Waals surface area contributed by atoms with Crippen LogP contribution < -0.4 is 10.1 Å². The van der Waals surface area contributed by atoms with Crippen molar-refractivity contribution in [3.05, 3.63) is 64.7 Å². The first-order valence-corrected chi connectivity index (χ1v) is 7.64. The van der Waals surface area contributed by atoms with Crippen LogP contribution in [0, 0.1) is 0 Å². The minimum Gasteiger partial charge on any atom is -0.481 e. The maximum atomic E-state index is 12.1. The maximum absolute atomic E-state index is 12.1. The number of halogens is 1. The van der Waals surface area contributed by atoms with E-state index in [0.29, 0.717) is 22.9 Å². The molecular weight excluding hydrogens is 314 g/mol. The van der Waals surface area contributed by atoms with Crippen LogP contribution in [0.15, 0.2) is 48.5 Å². The molecule has 0 radical (unpaired) electrons. The van der Waals surface area contributed by atoms with Crippen molar-refractivity contribution < 1.29 is 14.3 Å². The van der Waals surface area contributed by atoms with Crippen LogP contribution in [0.5, 0.6) is 5.75 Å². The molecule has 120 valence electrons. The summed E-state index contributed by atoms with van der Waals surface area (Å²) in [5.74, 6) is 0.290. The number of benzene rings is 2. The number of carbonyl (C=O) groups excluding carboxylic acids is 2.